The molecule has 3 rings (SSSR count). The topological polar surface area (TPSA) is 125 Å². The lowest BCUT2D eigenvalue weighted by atomic mass is 9.87. The second kappa shape index (κ2) is 12.8. The second-order valence-electron chi connectivity index (χ2n) is 11.7. The molecule has 3 aromatic carbocycles. The fourth-order valence-electron chi connectivity index (χ4n) is 4.00. The first-order valence-corrected chi connectivity index (χ1v) is 13.1. The summed E-state index contributed by atoms with van der Waals surface area (Å²) in [5.41, 5.74) is 1.21. The highest BCUT2D eigenvalue weighted by Crippen LogP contribution is 2.26. The number of hydrogen-bond donors (Lipinski definition) is 1. The molecule has 9 nitrogen and oxygen atoms in total. The zero-order valence-electron chi connectivity index (χ0n) is 24.1. The van der Waals surface area contributed by atoms with Crippen molar-refractivity contribution in [1.29, 1.82) is 0 Å². The molecule has 0 aromatic heterocycles. The Morgan fingerprint density at radius 3 is 1.93 bits per heavy atom. The summed E-state index contributed by atoms with van der Waals surface area (Å²) >= 11 is 0. The number of amides is 1. The van der Waals surface area contributed by atoms with Crippen LogP contribution >= 0.6 is 0 Å². The molecule has 1 amide bonds. The lowest BCUT2D eigenvalue weighted by Crippen LogP contribution is -2.51. The highest BCUT2D eigenvalue weighted by molar-refractivity contribution is 6.02. The maximum atomic E-state index is 12.9. The number of benzene rings is 3. The molecule has 3 aromatic rings. The number of esters is 1. The zero-order chi connectivity index (χ0) is 30.4. The van der Waals surface area contributed by atoms with Gasteiger partial charge in [0, 0.05) is 11.1 Å². The Balaban J connectivity index is 1.68. The monoisotopic (exact) mass is 561 g/mol. The lowest BCUT2D eigenvalue weighted by Gasteiger charge is -2.30. The number of hydrogen-bond acceptors (Lipinski definition) is 8. The number of alkyl carbamates (subject to hydrolysis) is 1. The largest absolute Gasteiger partial charge is 0.459 e. The van der Waals surface area contributed by atoms with E-state index in [4.69, 9.17) is 9.47 Å². The molecule has 0 heterocycles. The van der Waals surface area contributed by atoms with Crippen LogP contribution in [-0.2, 0) is 23.8 Å². The van der Waals surface area contributed by atoms with E-state index in [0.717, 1.165) is 21.9 Å². The van der Waals surface area contributed by atoms with Gasteiger partial charge in [0.2, 0.25) is 0 Å². The number of carbonyl (C=O) groups is 5. The van der Waals surface area contributed by atoms with Crippen molar-refractivity contribution in [2.75, 3.05) is 13.2 Å². The van der Waals surface area contributed by atoms with Crippen LogP contribution < -0.4 is 5.32 Å². The first kappa shape index (κ1) is 31.0. The summed E-state index contributed by atoms with van der Waals surface area (Å²) in [6, 6.07) is 16.9. The summed E-state index contributed by atoms with van der Waals surface area (Å²) in [5.74, 6) is -1.41. The van der Waals surface area contributed by atoms with Gasteiger partial charge in [-0.2, -0.15) is 0 Å². The van der Waals surface area contributed by atoms with Crippen LogP contribution in [0.15, 0.2) is 60.7 Å². The van der Waals surface area contributed by atoms with Crippen molar-refractivity contribution < 1.29 is 38.2 Å². The van der Waals surface area contributed by atoms with Crippen molar-refractivity contribution in [3.05, 3.63) is 71.8 Å². The third-order valence-corrected chi connectivity index (χ3v) is 6.09. The molecule has 0 saturated heterocycles. The lowest BCUT2D eigenvalue weighted by molar-refractivity contribution is -0.148. The smallest absolute Gasteiger partial charge is 0.408 e. The fourth-order valence-corrected chi connectivity index (χ4v) is 4.00. The maximum Gasteiger partial charge on any atom is 0.408 e. The van der Waals surface area contributed by atoms with Crippen molar-refractivity contribution in [1.82, 2.24) is 5.32 Å². The van der Waals surface area contributed by atoms with Crippen LogP contribution in [0.3, 0.4) is 0 Å². The minimum atomic E-state index is -1.02. The first-order valence-electron chi connectivity index (χ1n) is 13.1. The standard InChI is InChI=1S/C32H35NO8/c1-31(2,3)28(33-30(38)41-32(4,5)6)29(37)40-18-27(36)25-14-13-23-15-22(11-12-24(23)16-25)20-7-9-21(10-8-20)26(35)17-39-19-34/h7-16,19,28H,17-18H2,1-6H3,(H,33,38). The van der Waals surface area contributed by atoms with Crippen LogP contribution in [0.5, 0.6) is 0 Å². The van der Waals surface area contributed by atoms with Crippen LogP contribution in [0.25, 0.3) is 21.9 Å². The molecule has 0 saturated carbocycles. The maximum absolute atomic E-state index is 12.9. The Morgan fingerprint density at radius 1 is 0.756 bits per heavy atom. The molecule has 0 aliphatic heterocycles. The molecule has 9 heteroatoms. The van der Waals surface area contributed by atoms with E-state index >= 15 is 0 Å². The van der Waals surface area contributed by atoms with Crippen molar-refractivity contribution >= 4 is 40.9 Å². The molecular formula is C32H35NO8. The minimum Gasteiger partial charge on any atom is -0.459 e. The number of fused-ring (bicyclic) bond motifs is 1. The highest BCUT2D eigenvalue weighted by atomic mass is 16.6. The van der Waals surface area contributed by atoms with Gasteiger partial charge < -0.3 is 19.5 Å². The van der Waals surface area contributed by atoms with E-state index in [-0.39, 0.29) is 24.6 Å². The number of nitrogens with one attached hydrogen (secondary N) is 1. The molecule has 216 valence electrons. The number of ether oxygens (including phenoxy) is 3. The SMILES string of the molecule is CC(C)(C)OC(=O)NC(C(=O)OCC(=O)c1ccc2cc(-c3ccc(C(=O)COC=O)cc3)ccc2c1)C(C)(C)C. The molecule has 0 fully saturated rings. The summed E-state index contributed by atoms with van der Waals surface area (Å²) < 4.78 is 15.1. The Morgan fingerprint density at radius 2 is 1.32 bits per heavy atom. The van der Waals surface area contributed by atoms with E-state index in [1.165, 1.54) is 0 Å². The minimum absolute atomic E-state index is 0.238. The highest BCUT2D eigenvalue weighted by Gasteiger charge is 2.35. The van der Waals surface area contributed by atoms with Gasteiger partial charge >= 0.3 is 12.1 Å². The normalized spacial score (nSPS) is 12.2. The molecule has 0 bridgehead atoms. The summed E-state index contributed by atoms with van der Waals surface area (Å²) in [6.45, 7) is 9.93. The Labute approximate surface area is 239 Å². The third kappa shape index (κ3) is 8.73. The van der Waals surface area contributed by atoms with E-state index in [9.17, 15) is 24.0 Å². The number of carbonyl (C=O) groups excluding carboxylic acids is 5. The van der Waals surface area contributed by atoms with E-state index < -0.39 is 35.7 Å². The average Bonchev–Trinajstić information content (AvgIpc) is 2.91. The van der Waals surface area contributed by atoms with Crippen LogP contribution in [0, 0.1) is 5.41 Å². The van der Waals surface area contributed by atoms with Crippen molar-refractivity contribution in [2.45, 2.75) is 53.2 Å². The van der Waals surface area contributed by atoms with Crippen LogP contribution in [0.2, 0.25) is 0 Å². The molecule has 41 heavy (non-hydrogen) atoms. The molecule has 0 spiro atoms. The molecular weight excluding hydrogens is 526 g/mol. The Hall–Kier alpha value is -4.53. The molecule has 0 aliphatic rings. The van der Waals surface area contributed by atoms with Gasteiger partial charge in [-0.15, -0.1) is 0 Å². The predicted octanol–water partition coefficient (Wildman–Crippen LogP) is 5.53. The van der Waals surface area contributed by atoms with Gasteiger partial charge in [-0.05, 0) is 60.2 Å². The summed E-state index contributed by atoms with van der Waals surface area (Å²) in [4.78, 5) is 60.3. The fraction of sp³-hybridized carbons (Fsp3) is 0.344. The number of ketones is 2. The molecule has 0 aliphatic carbocycles. The van der Waals surface area contributed by atoms with Crippen LogP contribution in [0.1, 0.15) is 62.3 Å². The van der Waals surface area contributed by atoms with Crippen molar-refractivity contribution in [3.63, 3.8) is 0 Å². The Bertz CT molecular complexity index is 1450. The second-order valence-corrected chi connectivity index (χ2v) is 11.7. The molecule has 1 unspecified atom stereocenters. The van der Waals surface area contributed by atoms with Gasteiger partial charge in [-0.25, -0.2) is 9.59 Å². The van der Waals surface area contributed by atoms with E-state index in [1.807, 2.05) is 36.4 Å². The van der Waals surface area contributed by atoms with E-state index in [1.54, 1.807) is 65.8 Å². The van der Waals surface area contributed by atoms with Gasteiger partial charge in [0.05, 0.1) is 0 Å². The van der Waals surface area contributed by atoms with E-state index in [2.05, 4.69) is 10.1 Å². The van der Waals surface area contributed by atoms with Gasteiger partial charge in [0.15, 0.2) is 24.8 Å². The zero-order valence-corrected chi connectivity index (χ0v) is 24.1. The van der Waals surface area contributed by atoms with Gasteiger partial charge in [-0.1, -0.05) is 69.3 Å². The first-order chi connectivity index (χ1) is 19.2. The molecule has 0 radical (unpaired) electrons. The average molecular weight is 562 g/mol. The van der Waals surface area contributed by atoms with Crippen LogP contribution in [-0.4, -0.2) is 55.0 Å². The summed E-state index contributed by atoms with van der Waals surface area (Å²) in [5, 5.41) is 4.27. The predicted molar refractivity (Wildman–Crippen MR) is 154 cm³/mol. The Kier molecular flexibility index (Phi) is 9.65. The van der Waals surface area contributed by atoms with Gasteiger partial charge in [0.1, 0.15) is 11.6 Å². The summed E-state index contributed by atoms with van der Waals surface area (Å²) in [6.07, 6.45) is -0.747. The van der Waals surface area contributed by atoms with Crippen molar-refractivity contribution in [2.24, 2.45) is 5.41 Å². The number of Topliss-reactive ketones (excluding diaryl/α,β-unsaturated/α-hetero) is 2. The van der Waals surface area contributed by atoms with Gasteiger partial charge in [-0.3, -0.25) is 14.4 Å². The number of rotatable bonds is 10. The van der Waals surface area contributed by atoms with Crippen LogP contribution in [0.4, 0.5) is 4.79 Å². The summed E-state index contributed by atoms with van der Waals surface area (Å²) in [7, 11) is 0. The molecule has 1 N–H and O–H groups in total. The van der Waals surface area contributed by atoms with Crippen molar-refractivity contribution in [3.8, 4) is 11.1 Å². The third-order valence-electron chi connectivity index (χ3n) is 6.09. The van der Waals surface area contributed by atoms with E-state index in [0.29, 0.717) is 11.1 Å². The quantitative estimate of drug-likeness (QED) is 0.148. The molecule has 1 atom stereocenters. The van der Waals surface area contributed by atoms with Gasteiger partial charge in [0.25, 0.3) is 6.47 Å².